The molecule has 1 aliphatic heterocycles. The van der Waals surface area contributed by atoms with Crippen LogP contribution in [0.5, 0.6) is 5.75 Å². The molecule has 142 valence electrons. The van der Waals surface area contributed by atoms with Crippen LogP contribution in [0.15, 0.2) is 47.8 Å². The van der Waals surface area contributed by atoms with Crippen LogP contribution >= 0.6 is 0 Å². The second-order valence-corrected chi connectivity index (χ2v) is 5.92. The Morgan fingerprint density at radius 3 is 2.81 bits per heavy atom. The van der Waals surface area contributed by atoms with Crippen molar-refractivity contribution in [2.24, 2.45) is 5.16 Å². The van der Waals surface area contributed by atoms with Crippen LogP contribution in [0.25, 0.3) is 0 Å². The maximum atomic E-state index is 13.0. The SMILES string of the molecule is O=C(O)c1ccnc(/C(COc2ccc(F)cc2)=N/OC2CCCCO2)c1. The standard InChI is InChI=1S/C19H19FN2O5/c20-14-4-6-15(7-5-14)26-12-17(22-27-18-3-1-2-10-25-18)16-11-13(19(23)24)8-9-21-16/h4-9,11,18H,1-3,10,12H2,(H,23,24)/b22-17+. The molecule has 0 saturated carbocycles. The monoisotopic (exact) mass is 374 g/mol. The van der Waals surface area contributed by atoms with Crippen molar-refractivity contribution in [2.45, 2.75) is 25.6 Å². The van der Waals surface area contributed by atoms with E-state index in [1.54, 1.807) is 0 Å². The normalized spacial score (nSPS) is 17.4. The molecule has 1 saturated heterocycles. The largest absolute Gasteiger partial charge is 0.487 e. The number of ether oxygens (including phenoxy) is 2. The third-order valence-corrected chi connectivity index (χ3v) is 3.91. The van der Waals surface area contributed by atoms with Gasteiger partial charge in [-0.25, -0.2) is 9.18 Å². The number of nitrogens with zero attached hydrogens (tertiary/aromatic N) is 2. The van der Waals surface area contributed by atoms with Gasteiger partial charge in [0.05, 0.1) is 17.9 Å². The van der Waals surface area contributed by atoms with Crippen LogP contribution < -0.4 is 4.74 Å². The molecule has 0 amide bonds. The summed E-state index contributed by atoms with van der Waals surface area (Å²) < 4.78 is 24.1. The average Bonchev–Trinajstić information content (AvgIpc) is 2.70. The second-order valence-electron chi connectivity index (χ2n) is 5.92. The Morgan fingerprint density at radius 2 is 2.11 bits per heavy atom. The van der Waals surface area contributed by atoms with Crippen molar-refractivity contribution < 1.29 is 28.6 Å². The van der Waals surface area contributed by atoms with E-state index >= 15 is 0 Å². The number of carboxylic acids is 1. The fraction of sp³-hybridized carbons (Fsp3) is 0.316. The maximum absolute atomic E-state index is 13.0. The highest BCUT2D eigenvalue weighted by molar-refractivity contribution is 6.01. The van der Waals surface area contributed by atoms with E-state index in [4.69, 9.17) is 14.3 Å². The average molecular weight is 374 g/mol. The molecule has 27 heavy (non-hydrogen) atoms. The summed E-state index contributed by atoms with van der Waals surface area (Å²) in [4.78, 5) is 20.8. The highest BCUT2D eigenvalue weighted by atomic mass is 19.1. The number of aromatic nitrogens is 1. The van der Waals surface area contributed by atoms with E-state index in [9.17, 15) is 14.3 Å². The molecule has 1 aromatic heterocycles. The van der Waals surface area contributed by atoms with Crippen LogP contribution in [0.4, 0.5) is 4.39 Å². The quantitative estimate of drug-likeness (QED) is 0.591. The Morgan fingerprint density at radius 1 is 1.30 bits per heavy atom. The number of oxime groups is 1. The predicted octanol–water partition coefficient (Wildman–Crippen LogP) is 3.25. The van der Waals surface area contributed by atoms with Gasteiger partial charge in [0.2, 0.25) is 6.29 Å². The van der Waals surface area contributed by atoms with Gasteiger partial charge in [0, 0.05) is 12.6 Å². The van der Waals surface area contributed by atoms with Crippen LogP contribution in [0.3, 0.4) is 0 Å². The fourth-order valence-electron chi connectivity index (χ4n) is 2.47. The lowest BCUT2D eigenvalue weighted by Crippen LogP contribution is -2.22. The molecule has 0 radical (unpaired) electrons. The lowest BCUT2D eigenvalue weighted by Gasteiger charge is -2.20. The molecule has 0 aliphatic carbocycles. The van der Waals surface area contributed by atoms with Crippen molar-refractivity contribution in [1.82, 2.24) is 4.98 Å². The fourth-order valence-corrected chi connectivity index (χ4v) is 2.47. The second kappa shape index (κ2) is 9.09. The minimum atomic E-state index is -1.08. The molecular formula is C19H19FN2O5. The zero-order chi connectivity index (χ0) is 19.1. The lowest BCUT2D eigenvalue weighted by molar-refractivity contribution is -0.162. The van der Waals surface area contributed by atoms with E-state index in [1.807, 2.05) is 0 Å². The van der Waals surface area contributed by atoms with Crippen molar-refractivity contribution in [3.05, 3.63) is 59.7 Å². The van der Waals surface area contributed by atoms with Crippen molar-refractivity contribution in [3.8, 4) is 5.75 Å². The molecule has 1 atom stereocenters. The molecule has 1 aliphatic rings. The maximum Gasteiger partial charge on any atom is 0.335 e. The first-order valence-electron chi connectivity index (χ1n) is 8.54. The van der Waals surface area contributed by atoms with Crippen molar-refractivity contribution in [1.29, 1.82) is 0 Å². The number of benzene rings is 1. The molecule has 7 nitrogen and oxygen atoms in total. The number of carbonyl (C=O) groups is 1. The van der Waals surface area contributed by atoms with E-state index < -0.39 is 12.3 Å². The first kappa shape index (κ1) is 18.8. The number of aromatic carboxylic acids is 1. The molecular weight excluding hydrogens is 355 g/mol. The minimum absolute atomic E-state index is 0.0333. The summed E-state index contributed by atoms with van der Waals surface area (Å²) >= 11 is 0. The van der Waals surface area contributed by atoms with Gasteiger partial charge >= 0.3 is 5.97 Å². The van der Waals surface area contributed by atoms with Gasteiger partial charge in [0.25, 0.3) is 0 Å². The van der Waals surface area contributed by atoms with Crippen LogP contribution in [0.2, 0.25) is 0 Å². The molecule has 1 fully saturated rings. The van der Waals surface area contributed by atoms with Gasteiger partial charge in [0.1, 0.15) is 23.9 Å². The topological polar surface area (TPSA) is 90.2 Å². The number of carboxylic acid groups (broad SMARTS) is 1. The molecule has 2 aromatic rings. The Kier molecular flexibility index (Phi) is 6.32. The summed E-state index contributed by atoms with van der Waals surface area (Å²) in [6.45, 7) is 0.572. The number of hydrogen-bond acceptors (Lipinski definition) is 6. The van der Waals surface area contributed by atoms with Crippen LogP contribution in [-0.4, -0.2) is 41.3 Å². The molecule has 1 unspecified atom stereocenters. The first-order chi connectivity index (χ1) is 13.1. The zero-order valence-corrected chi connectivity index (χ0v) is 14.5. The molecule has 1 N–H and O–H groups in total. The summed E-state index contributed by atoms with van der Waals surface area (Å²) in [6.07, 6.45) is 3.60. The van der Waals surface area contributed by atoms with Gasteiger partial charge < -0.3 is 19.4 Å². The van der Waals surface area contributed by atoms with Gasteiger partial charge in [0.15, 0.2) is 0 Å². The van der Waals surface area contributed by atoms with Crippen LogP contribution in [0.1, 0.15) is 35.3 Å². The van der Waals surface area contributed by atoms with E-state index in [0.29, 0.717) is 23.8 Å². The van der Waals surface area contributed by atoms with Gasteiger partial charge in [-0.3, -0.25) is 4.98 Å². The van der Waals surface area contributed by atoms with Gasteiger partial charge in [-0.1, -0.05) is 5.16 Å². The zero-order valence-electron chi connectivity index (χ0n) is 14.5. The molecule has 1 aromatic carbocycles. The Labute approximate surface area is 155 Å². The van der Waals surface area contributed by atoms with E-state index in [-0.39, 0.29) is 18.0 Å². The molecule has 8 heteroatoms. The van der Waals surface area contributed by atoms with E-state index in [0.717, 1.165) is 19.3 Å². The smallest absolute Gasteiger partial charge is 0.335 e. The number of pyridine rings is 1. The molecule has 3 rings (SSSR count). The summed E-state index contributed by atoms with van der Waals surface area (Å²) in [5, 5.41) is 13.3. The third-order valence-electron chi connectivity index (χ3n) is 3.91. The van der Waals surface area contributed by atoms with E-state index in [1.165, 1.54) is 42.6 Å². The van der Waals surface area contributed by atoms with Gasteiger partial charge in [-0.15, -0.1) is 0 Å². The Balaban J connectivity index is 1.77. The number of halogens is 1. The van der Waals surface area contributed by atoms with Crippen molar-refractivity contribution in [2.75, 3.05) is 13.2 Å². The molecule has 2 heterocycles. The van der Waals surface area contributed by atoms with Crippen LogP contribution in [0, 0.1) is 5.82 Å². The van der Waals surface area contributed by atoms with Gasteiger partial charge in [-0.2, -0.15) is 0 Å². The summed E-state index contributed by atoms with van der Waals surface area (Å²) in [5.41, 5.74) is 0.688. The molecule has 0 bridgehead atoms. The minimum Gasteiger partial charge on any atom is -0.487 e. The number of hydrogen-bond donors (Lipinski definition) is 1. The summed E-state index contributed by atoms with van der Waals surface area (Å²) in [5.74, 6) is -1.01. The van der Waals surface area contributed by atoms with Crippen molar-refractivity contribution >= 4 is 11.7 Å². The van der Waals surface area contributed by atoms with Crippen molar-refractivity contribution in [3.63, 3.8) is 0 Å². The summed E-state index contributed by atoms with van der Waals surface area (Å²) in [6, 6.07) is 8.30. The third kappa shape index (κ3) is 5.49. The van der Waals surface area contributed by atoms with Crippen LogP contribution in [-0.2, 0) is 9.57 Å². The Hall–Kier alpha value is -3.00. The van der Waals surface area contributed by atoms with E-state index in [2.05, 4.69) is 10.1 Å². The highest BCUT2D eigenvalue weighted by Crippen LogP contribution is 2.16. The van der Waals surface area contributed by atoms with Gasteiger partial charge in [-0.05, 0) is 49.2 Å². The first-order valence-corrected chi connectivity index (χ1v) is 8.54. The predicted molar refractivity (Wildman–Crippen MR) is 94.3 cm³/mol. The number of rotatable bonds is 7. The molecule has 0 spiro atoms. The summed E-state index contributed by atoms with van der Waals surface area (Å²) in [7, 11) is 0. The highest BCUT2D eigenvalue weighted by Gasteiger charge is 2.17. The lowest BCUT2D eigenvalue weighted by atomic mass is 10.2. The Bertz CT molecular complexity index is 804.